The van der Waals surface area contributed by atoms with Crippen LogP contribution in [0.5, 0.6) is 5.75 Å². The number of benzene rings is 2. The average molecular weight is 550 g/mol. The van der Waals surface area contributed by atoms with Crippen molar-refractivity contribution in [3.05, 3.63) is 59.3 Å². The van der Waals surface area contributed by atoms with E-state index >= 15 is 0 Å². The van der Waals surface area contributed by atoms with Crippen LogP contribution < -0.4 is 9.46 Å². The number of rotatable bonds is 11. The number of sulfonamides is 1. The standard InChI is InChI=1S/C29H35N5O4S/c1-2-38-28-10-8-24(39(36,37)32-19-21-5-6-21)17-26(28)29(35)34-14-12-33(13-15-34)11-3-4-23-20-31-27-9-7-22(18-30)16-25(23)27/h7-10,16-17,20-21,31-32H,2-6,11-15,19H2,1H3. The Morgan fingerprint density at radius 1 is 1.15 bits per heavy atom. The van der Waals surface area contributed by atoms with Crippen molar-refractivity contribution < 1.29 is 17.9 Å². The molecule has 0 unspecified atom stereocenters. The van der Waals surface area contributed by atoms with Gasteiger partial charge in [0.2, 0.25) is 10.0 Å². The molecule has 9 nitrogen and oxygen atoms in total. The molecule has 1 aliphatic carbocycles. The number of aromatic nitrogens is 1. The molecule has 2 heterocycles. The number of fused-ring (bicyclic) bond motifs is 1. The maximum atomic E-state index is 13.5. The number of ether oxygens (including phenoxy) is 1. The number of H-pyrrole nitrogens is 1. The fourth-order valence-electron chi connectivity index (χ4n) is 5.05. The number of carbonyl (C=O) groups is 1. The molecule has 1 saturated carbocycles. The van der Waals surface area contributed by atoms with Gasteiger partial charge in [-0.2, -0.15) is 5.26 Å². The van der Waals surface area contributed by atoms with E-state index in [9.17, 15) is 18.5 Å². The number of nitriles is 1. The fraction of sp³-hybridized carbons (Fsp3) is 0.448. The molecule has 0 atom stereocenters. The summed E-state index contributed by atoms with van der Waals surface area (Å²) >= 11 is 0. The molecule has 0 spiro atoms. The van der Waals surface area contributed by atoms with Crippen molar-refractivity contribution in [2.75, 3.05) is 45.9 Å². The SMILES string of the molecule is CCOc1ccc(S(=O)(=O)NCC2CC2)cc1C(=O)N1CCN(CCCc2c[nH]c3ccc(C#N)cc23)CC1. The first-order valence-corrected chi connectivity index (χ1v) is 15.1. The van der Waals surface area contributed by atoms with Gasteiger partial charge in [0.1, 0.15) is 5.75 Å². The highest BCUT2D eigenvalue weighted by molar-refractivity contribution is 7.89. The lowest BCUT2D eigenvalue weighted by Gasteiger charge is -2.35. The highest BCUT2D eigenvalue weighted by Gasteiger charge is 2.28. The third-order valence-corrected chi connectivity index (χ3v) is 8.95. The second-order valence-electron chi connectivity index (χ2n) is 10.3. The van der Waals surface area contributed by atoms with Gasteiger partial charge in [0.25, 0.3) is 5.91 Å². The molecule has 206 valence electrons. The first kappa shape index (κ1) is 27.2. The number of hydrogen-bond donors (Lipinski definition) is 2. The molecule has 0 bridgehead atoms. The largest absolute Gasteiger partial charge is 0.493 e. The van der Waals surface area contributed by atoms with Crippen LogP contribution in [0.3, 0.4) is 0 Å². The van der Waals surface area contributed by atoms with Crippen molar-refractivity contribution in [3.63, 3.8) is 0 Å². The minimum atomic E-state index is -3.69. The van der Waals surface area contributed by atoms with Gasteiger partial charge in [-0.25, -0.2) is 13.1 Å². The zero-order chi connectivity index (χ0) is 27.4. The molecule has 2 aliphatic rings. The van der Waals surface area contributed by atoms with E-state index in [1.165, 1.54) is 17.7 Å². The lowest BCUT2D eigenvalue weighted by atomic mass is 10.1. The Morgan fingerprint density at radius 2 is 1.95 bits per heavy atom. The van der Waals surface area contributed by atoms with E-state index in [0.29, 0.717) is 43.5 Å². The van der Waals surface area contributed by atoms with Crippen molar-refractivity contribution in [3.8, 4) is 11.8 Å². The smallest absolute Gasteiger partial charge is 0.257 e. The van der Waals surface area contributed by atoms with Crippen LogP contribution in [0.25, 0.3) is 10.9 Å². The molecule has 5 rings (SSSR count). The molecule has 1 amide bonds. The summed E-state index contributed by atoms with van der Waals surface area (Å²) in [6.45, 7) is 6.22. The van der Waals surface area contributed by atoms with Gasteiger partial charge in [0, 0.05) is 49.8 Å². The van der Waals surface area contributed by atoms with Crippen LogP contribution in [0.15, 0.2) is 47.5 Å². The molecular weight excluding hydrogens is 514 g/mol. The van der Waals surface area contributed by atoms with Crippen molar-refractivity contribution in [2.45, 2.75) is 37.5 Å². The molecule has 39 heavy (non-hydrogen) atoms. The van der Waals surface area contributed by atoms with Crippen LogP contribution in [0.1, 0.15) is 47.7 Å². The number of hydrogen-bond acceptors (Lipinski definition) is 6. The van der Waals surface area contributed by atoms with Crippen LogP contribution in [0.4, 0.5) is 0 Å². The number of amides is 1. The maximum absolute atomic E-state index is 13.5. The van der Waals surface area contributed by atoms with Gasteiger partial charge in [-0.15, -0.1) is 0 Å². The van der Waals surface area contributed by atoms with Gasteiger partial charge >= 0.3 is 0 Å². The molecule has 1 aliphatic heterocycles. The third kappa shape index (κ3) is 6.44. The van der Waals surface area contributed by atoms with Crippen LogP contribution in [0, 0.1) is 17.2 Å². The second kappa shape index (κ2) is 11.8. The topological polar surface area (TPSA) is 119 Å². The zero-order valence-electron chi connectivity index (χ0n) is 22.3. The Morgan fingerprint density at radius 3 is 2.67 bits per heavy atom. The Hall–Kier alpha value is -3.39. The quantitative estimate of drug-likeness (QED) is 0.378. The van der Waals surface area contributed by atoms with Crippen LogP contribution in [-0.2, 0) is 16.4 Å². The summed E-state index contributed by atoms with van der Waals surface area (Å²) in [5.41, 5.74) is 3.20. The Balaban J connectivity index is 1.18. The van der Waals surface area contributed by atoms with E-state index in [1.54, 1.807) is 11.0 Å². The lowest BCUT2D eigenvalue weighted by molar-refractivity contribution is 0.0632. The highest BCUT2D eigenvalue weighted by Crippen LogP contribution is 2.29. The number of aryl methyl sites for hydroxylation is 1. The molecule has 10 heteroatoms. The first-order chi connectivity index (χ1) is 18.9. The Labute approximate surface area is 229 Å². The van der Waals surface area contributed by atoms with Crippen molar-refractivity contribution in [1.29, 1.82) is 5.26 Å². The van der Waals surface area contributed by atoms with Gasteiger partial charge in [-0.3, -0.25) is 9.69 Å². The molecule has 2 aromatic carbocycles. The minimum absolute atomic E-state index is 0.0905. The highest BCUT2D eigenvalue weighted by atomic mass is 32.2. The van der Waals surface area contributed by atoms with Gasteiger partial charge in [-0.1, -0.05) is 0 Å². The summed E-state index contributed by atoms with van der Waals surface area (Å²) in [7, 11) is -3.69. The fourth-order valence-corrected chi connectivity index (χ4v) is 6.19. The van der Waals surface area contributed by atoms with Gasteiger partial charge in [0.15, 0.2) is 0 Å². The number of nitrogens with zero attached hydrogens (tertiary/aromatic N) is 3. The van der Waals surface area contributed by atoms with Crippen molar-refractivity contribution >= 4 is 26.8 Å². The molecule has 3 aromatic rings. The van der Waals surface area contributed by atoms with Gasteiger partial charge in [-0.05, 0) is 87.0 Å². The van der Waals surface area contributed by atoms with Crippen molar-refractivity contribution in [1.82, 2.24) is 19.5 Å². The zero-order valence-corrected chi connectivity index (χ0v) is 23.1. The summed E-state index contributed by atoms with van der Waals surface area (Å²) < 4.78 is 34.0. The monoisotopic (exact) mass is 549 g/mol. The normalized spacial score (nSPS) is 16.4. The maximum Gasteiger partial charge on any atom is 0.257 e. The molecular formula is C29H35N5O4S. The van der Waals surface area contributed by atoms with Gasteiger partial charge < -0.3 is 14.6 Å². The number of piperazine rings is 1. The first-order valence-electron chi connectivity index (χ1n) is 13.7. The minimum Gasteiger partial charge on any atom is -0.493 e. The van der Waals surface area contributed by atoms with E-state index in [1.807, 2.05) is 31.3 Å². The Kier molecular flexibility index (Phi) is 8.21. The lowest BCUT2D eigenvalue weighted by Crippen LogP contribution is -2.49. The van der Waals surface area contributed by atoms with Crippen molar-refractivity contribution in [2.24, 2.45) is 5.92 Å². The van der Waals surface area contributed by atoms with E-state index in [4.69, 9.17) is 4.74 Å². The van der Waals surface area contributed by atoms with E-state index in [0.717, 1.165) is 56.2 Å². The molecule has 2 N–H and O–H groups in total. The molecule has 2 fully saturated rings. The average Bonchev–Trinajstić information content (AvgIpc) is 3.71. The van der Waals surface area contributed by atoms with E-state index in [-0.39, 0.29) is 16.4 Å². The number of aromatic amines is 1. The summed E-state index contributed by atoms with van der Waals surface area (Å²) in [5, 5.41) is 10.3. The second-order valence-corrected chi connectivity index (χ2v) is 12.1. The van der Waals surface area contributed by atoms with Crippen LogP contribution in [0.2, 0.25) is 0 Å². The Bertz CT molecular complexity index is 1480. The number of carbonyl (C=O) groups excluding carboxylic acids is 1. The summed E-state index contributed by atoms with van der Waals surface area (Å²) in [5.74, 6) is 0.618. The molecule has 1 saturated heterocycles. The van der Waals surface area contributed by atoms with Crippen LogP contribution in [-0.4, -0.2) is 75.0 Å². The summed E-state index contributed by atoms with van der Waals surface area (Å²) in [6, 6.07) is 12.5. The third-order valence-electron chi connectivity index (χ3n) is 7.53. The summed E-state index contributed by atoms with van der Waals surface area (Å²) in [6.07, 6.45) is 6.00. The predicted octanol–water partition coefficient (Wildman–Crippen LogP) is 3.52. The number of nitrogens with one attached hydrogen (secondary N) is 2. The van der Waals surface area contributed by atoms with Gasteiger partial charge in [0.05, 0.1) is 28.7 Å². The molecule has 1 aromatic heterocycles. The molecule has 0 radical (unpaired) electrons. The summed E-state index contributed by atoms with van der Waals surface area (Å²) in [4.78, 5) is 21.0. The van der Waals surface area contributed by atoms with E-state index in [2.05, 4.69) is 20.7 Å². The van der Waals surface area contributed by atoms with Crippen LogP contribution >= 0.6 is 0 Å². The van der Waals surface area contributed by atoms with E-state index < -0.39 is 10.0 Å². The predicted molar refractivity (Wildman–Crippen MR) is 149 cm³/mol.